The van der Waals surface area contributed by atoms with Gasteiger partial charge in [-0.2, -0.15) is 0 Å². The van der Waals surface area contributed by atoms with Gasteiger partial charge in [0.15, 0.2) is 0 Å². The first-order chi connectivity index (χ1) is 12.6. The standard InChI is InChI=1S/C22H28N2O2/c1-16-5-4-12-24(15-16)20-9-6-18(7-10-20)14-23-22(25)19-8-11-21(26-3)17(2)13-19/h6-11,13,16H,4-5,12,14-15H2,1-3H3,(H,23,25). The fraction of sp³-hybridized carbons (Fsp3) is 0.409. The van der Waals surface area contributed by atoms with E-state index in [0.29, 0.717) is 12.1 Å². The van der Waals surface area contributed by atoms with Gasteiger partial charge >= 0.3 is 0 Å². The number of carbonyl (C=O) groups excluding carboxylic acids is 1. The first-order valence-corrected chi connectivity index (χ1v) is 9.33. The molecule has 2 aromatic rings. The molecule has 138 valence electrons. The summed E-state index contributed by atoms with van der Waals surface area (Å²) in [7, 11) is 1.64. The smallest absolute Gasteiger partial charge is 0.251 e. The summed E-state index contributed by atoms with van der Waals surface area (Å²) in [6.45, 7) is 7.05. The van der Waals surface area contributed by atoms with Gasteiger partial charge in [0.1, 0.15) is 5.75 Å². The van der Waals surface area contributed by atoms with Crippen LogP contribution in [0, 0.1) is 12.8 Å². The van der Waals surface area contributed by atoms with Crippen molar-refractivity contribution in [2.24, 2.45) is 5.92 Å². The van der Waals surface area contributed by atoms with E-state index in [1.807, 2.05) is 19.1 Å². The lowest BCUT2D eigenvalue weighted by Crippen LogP contribution is -2.34. The van der Waals surface area contributed by atoms with Crippen molar-refractivity contribution in [2.45, 2.75) is 33.2 Å². The topological polar surface area (TPSA) is 41.6 Å². The molecule has 1 heterocycles. The maximum atomic E-state index is 12.4. The SMILES string of the molecule is COc1ccc(C(=O)NCc2ccc(N3CCCC(C)C3)cc2)cc1C. The molecule has 3 rings (SSSR count). The Balaban J connectivity index is 1.57. The van der Waals surface area contributed by atoms with Crippen LogP contribution in [0.3, 0.4) is 0 Å². The predicted octanol–water partition coefficient (Wildman–Crippen LogP) is 4.17. The number of benzene rings is 2. The van der Waals surface area contributed by atoms with E-state index in [4.69, 9.17) is 4.74 Å². The highest BCUT2D eigenvalue weighted by atomic mass is 16.5. The number of carbonyl (C=O) groups is 1. The van der Waals surface area contributed by atoms with Crippen LogP contribution in [0.5, 0.6) is 5.75 Å². The number of ether oxygens (including phenoxy) is 1. The summed E-state index contributed by atoms with van der Waals surface area (Å²) >= 11 is 0. The fourth-order valence-electron chi connectivity index (χ4n) is 3.55. The third kappa shape index (κ3) is 4.37. The van der Waals surface area contributed by atoms with Crippen molar-refractivity contribution in [1.29, 1.82) is 0 Å². The number of hydrogen-bond donors (Lipinski definition) is 1. The van der Waals surface area contributed by atoms with E-state index < -0.39 is 0 Å². The van der Waals surface area contributed by atoms with Gasteiger partial charge in [0, 0.05) is 30.9 Å². The van der Waals surface area contributed by atoms with Gasteiger partial charge in [-0.25, -0.2) is 0 Å². The van der Waals surface area contributed by atoms with E-state index in [1.54, 1.807) is 13.2 Å². The molecule has 0 aromatic heterocycles. The summed E-state index contributed by atoms with van der Waals surface area (Å²) < 4.78 is 5.24. The Kier molecular flexibility index (Phi) is 5.82. The third-order valence-electron chi connectivity index (χ3n) is 5.07. The number of hydrogen-bond acceptors (Lipinski definition) is 3. The van der Waals surface area contributed by atoms with Crippen LogP contribution in [0.2, 0.25) is 0 Å². The highest BCUT2D eigenvalue weighted by Crippen LogP contribution is 2.23. The Labute approximate surface area is 156 Å². The molecular weight excluding hydrogens is 324 g/mol. The highest BCUT2D eigenvalue weighted by Gasteiger charge is 2.16. The molecule has 26 heavy (non-hydrogen) atoms. The maximum absolute atomic E-state index is 12.4. The van der Waals surface area contributed by atoms with Crippen LogP contribution in [0.25, 0.3) is 0 Å². The lowest BCUT2D eigenvalue weighted by molar-refractivity contribution is 0.0951. The molecule has 1 amide bonds. The van der Waals surface area contributed by atoms with Crippen LogP contribution in [0.15, 0.2) is 42.5 Å². The predicted molar refractivity (Wildman–Crippen MR) is 106 cm³/mol. The van der Waals surface area contributed by atoms with Crippen molar-refractivity contribution in [2.75, 3.05) is 25.1 Å². The molecule has 4 heteroatoms. The fourth-order valence-corrected chi connectivity index (χ4v) is 3.55. The third-order valence-corrected chi connectivity index (χ3v) is 5.07. The minimum absolute atomic E-state index is 0.0651. The van der Waals surface area contributed by atoms with Crippen LogP contribution in [0.4, 0.5) is 5.69 Å². The molecule has 0 aliphatic carbocycles. The summed E-state index contributed by atoms with van der Waals surface area (Å²) in [5.41, 5.74) is 4.00. The van der Waals surface area contributed by atoms with E-state index in [-0.39, 0.29) is 5.91 Å². The van der Waals surface area contributed by atoms with Crippen molar-refractivity contribution in [1.82, 2.24) is 5.32 Å². The van der Waals surface area contributed by atoms with E-state index in [0.717, 1.165) is 35.9 Å². The molecule has 1 aliphatic rings. The van der Waals surface area contributed by atoms with Crippen LogP contribution in [-0.2, 0) is 6.54 Å². The summed E-state index contributed by atoms with van der Waals surface area (Å²) in [6, 6.07) is 14.0. The van der Waals surface area contributed by atoms with Crippen LogP contribution in [0.1, 0.15) is 41.3 Å². The Morgan fingerprint density at radius 3 is 2.65 bits per heavy atom. The maximum Gasteiger partial charge on any atom is 0.251 e. The van der Waals surface area contributed by atoms with Gasteiger partial charge in [-0.3, -0.25) is 4.79 Å². The second kappa shape index (κ2) is 8.26. The van der Waals surface area contributed by atoms with Crippen molar-refractivity contribution < 1.29 is 9.53 Å². The van der Waals surface area contributed by atoms with Gasteiger partial charge in [-0.15, -0.1) is 0 Å². The molecule has 0 saturated carbocycles. The largest absolute Gasteiger partial charge is 0.496 e. The van der Waals surface area contributed by atoms with E-state index in [1.165, 1.54) is 18.5 Å². The first kappa shape index (κ1) is 18.3. The van der Waals surface area contributed by atoms with Crippen molar-refractivity contribution in [3.63, 3.8) is 0 Å². The molecule has 0 spiro atoms. The van der Waals surface area contributed by atoms with Crippen LogP contribution < -0.4 is 15.0 Å². The molecule has 2 aromatic carbocycles. The zero-order valence-electron chi connectivity index (χ0n) is 15.9. The number of nitrogens with one attached hydrogen (secondary N) is 1. The average Bonchev–Trinajstić information content (AvgIpc) is 2.66. The first-order valence-electron chi connectivity index (χ1n) is 9.33. The van der Waals surface area contributed by atoms with Gasteiger partial charge in [0.2, 0.25) is 0 Å². The van der Waals surface area contributed by atoms with Gasteiger partial charge in [-0.1, -0.05) is 19.1 Å². The lowest BCUT2D eigenvalue weighted by atomic mass is 9.99. The molecular formula is C22H28N2O2. The number of aryl methyl sites for hydroxylation is 1. The number of rotatable bonds is 5. The van der Waals surface area contributed by atoms with E-state index in [2.05, 4.69) is 41.4 Å². The van der Waals surface area contributed by atoms with Crippen molar-refractivity contribution in [3.05, 3.63) is 59.2 Å². The number of nitrogens with zero attached hydrogens (tertiary/aromatic N) is 1. The summed E-state index contributed by atoms with van der Waals surface area (Å²) in [6.07, 6.45) is 2.59. The molecule has 1 aliphatic heterocycles. The zero-order valence-corrected chi connectivity index (χ0v) is 15.9. The number of piperidine rings is 1. The Morgan fingerprint density at radius 1 is 1.23 bits per heavy atom. The summed E-state index contributed by atoms with van der Waals surface area (Å²) in [5.74, 6) is 1.49. The average molecular weight is 352 g/mol. The Morgan fingerprint density at radius 2 is 2.00 bits per heavy atom. The van der Waals surface area contributed by atoms with Crippen LogP contribution >= 0.6 is 0 Å². The zero-order chi connectivity index (χ0) is 18.5. The highest BCUT2D eigenvalue weighted by molar-refractivity contribution is 5.94. The quantitative estimate of drug-likeness (QED) is 0.878. The molecule has 1 fully saturated rings. The summed E-state index contributed by atoms with van der Waals surface area (Å²) in [4.78, 5) is 14.8. The minimum Gasteiger partial charge on any atom is -0.496 e. The molecule has 1 unspecified atom stereocenters. The second-order valence-corrected chi connectivity index (χ2v) is 7.23. The second-order valence-electron chi connectivity index (χ2n) is 7.23. The lowest BCUT2D eigenvalue weighted by Gasteiger charge is -2.32. The molecule has 4 nitrogen and oxygen atoms in total. The van der Waals surface area contributed by atoms with Crippen LogP contribution in [-0.4, -0.2) is 26.1 Å². The monoisotopic (exact) mass is 352 g/mol. The molecule has 0 bridgehead atoms. The molecule has 1 N–H and O–H groups in total. The summed E-state index contributed by atoms with van der Waals surface area (Å²) in [5, 5.41) is 2.99. The minimum atomic E-state index is -0.0651. The van der Waals surface area contributed by atoms with Gasteiger partial charge in [0.05, 0.1) is 7.11 Å². The van der Waals surface area contributed by atoms with Crippen molar-refractivity contribution >= 4 is 11.6 Å². The molecule has 1 atom stereocenters. The Bertz CT molecular complexity index is 755. The van der Waals surface area contributed by atoms with Crippen molar-refractivity contribution in [3.8, 4) is 5.75 Å². The molecule has 0 radical (unpaired) electrons. The van der Waals surface area contributed by atoms with E-state index in [9.17, 15) is 4.79 Å². The van der Waals surface area contributed by atoms with Gasteiger partial charge in [0.25, 0.3) is 5.91 Å². The number of anilines is 1. The number of amides is 1. The molecule has 1 saturated heterocycles. The van der Waals surface area contributed by atoms with Gasteiger partial charge in [-0.05, 0) is 67.1 Å². The van der Waals surface area contributed by atoms with Gasteiger partial charge < -0.3 is 15.0 Å². The normalized spacial score (nSPS) is 17.0. The Hall–Kier alpha value is -2.49. The number of methoxy groups -OCH3 is 1. The van der Waals surface area contributed by atoms with E-state index >= 15 is 0 Å².